The van der Waals surface area contributed by atoms with E-state index in [1.54, 1.807) is 28.8 Å². The van der Waals surface area contributed by atoms with Gasteiger partial charge in [-0.1, -0.05) is 29.3 Å². The molecule has 0 amide bonds. The fourth-order valence-corrected chi connectivity index (χ4v) is 2.68. The van der Waals surface area contributed by atoms with Crippen LogP contribution in [0.4, 0.5) is 0 Å². The van der Waals surface area contributed by atoms with Gasteiger partial charge in [-0.05, 0) is 12.1 Å². The van der Waals surface area contributed by atoms with Crippen molar-refractivity contribution in [2.24, 2.45) is 0 Å². The molecule has 96 valence electrons. The number of imidazole rings is 1. The first-order valence-corrected chi connectivity index (χ1v) is 6.87. The van der Waals surface area contributed by atoms with Crippen LogP contribution >= 0.6 is 34.5 Å². The molecule has 0 aliphatic heterocycles. The Morgan fingerprint density at radius 3 is 3.00 bits per heavy atom. The van der Waals surface area contributed by atoms with E-state index < -0.39 is 0 Å². The maximum atomic E-state index is 11.1. The Labute approximate surface area is 122 Å². The maximum absolute atomic E-state index is 11.1. The number of carbonyl (C=O) groups is 1. The van der Waals surface area contributed by atoms with E-state index in [2.05, 4.69) is 4.98 Å². The molecule has 1 aromatic carbocycles. The topological polar surface area (TPSA) is 43.6 Å². The lowest BCUT2D eigenvalue weighted by Crippen LogP contribution is -1.92. The van der Waals surface area contributed by atoms with Gasteiger partial charge in [-0.15, -0.1) is 11.3 Å². The van der Waals surface area contributed by atoms with Crippen molar-refractivity contribution in [3.05, 3.63) is 45.5 Å². The number of benzene rings is 1. The van der Waals surface area contributed by atoms with Crippen molar-refractivity contribution in [2.75, 3.05) is 0 Å². The Morgan fingerprint density at radius 2 is 2.21 bits per heavy atom. The fraction of sp³-hybridized carbons (Fsp3) is 0. The number of carbonyl (C=O) groups excluding carboxylic acids is 1. The molecule has 2 aromatic heterocycles. The summed E-state index contributed by atoms with van der Waals surface area (Å²) < 4.78 is 7.24. The van der Waals surface area contributed by atoms with Crippen LogP contribution in [0.15, 0.2) is 29.8 Å². The highest BCUT2D eigenvalue weighted by Gasteiger charge is 2.16. The van der Waals surface area contributed by atoms with Gasteiger partial charge in [-0.25, -0.2) is 0 Å². The molecule has 0 spiro atoms. The van der Waals surface area contributed by atoms with Gasteiger partial charge < -0.3 is 4.74 Å². The Bertz CT molecular complexity index is 766. The number of aldehydes is 1. The molecular formula is C12H6Cl2N2O2S. The van der Waals surface area contributed by atoms with Crippen LogP contribution < -0.4 is 4.74 Å². The van der Waals surface area contributed by atoms with Gasteiger partial charge in [0.2, 0.25) is 5.88 Å². The van der Waals surface area contributed by atoms with E-state index >= 15 is 0 Å². The number of fused-ring (bicyclic) bond motifs is 1. The molecule has 0 saturated carbocycles. The van der Waals surface area contributed by atoms with Crippen LogP contribution in [0.1, 0.15) is 10.5 Å². The molecule has 0 unspecified atom stereocenters. The lowest BCUT2D eigenvalue weighted by atomic mass is 10.3. The van der Waals surface area contributed by atoms with Gasteiger partial charge in [0.1, 0.15) is 10.8 Å². The highest BCUT2D eigenvalue weighted by Crippen LogP contribution is 2.35. The summed E-state index contributed by atoms with van der Waals surface area (Å²) in [6.07, 6.45) is 2.45. The van der Waals surface area contributed by atoms with Gasteiger partial charge in [-0.3, -0.25) is 9.20 Å². The number of nitrogens with zero attached hydrogens (tertiary/aromatic N) is 2. The van der Waals surface area contributed by atoms with E-state index in [9.17, 15) is 4.79 Å². The number of aromatic nitrogens is 2. The molecule has 0 N–H and O–H groups in total. The summed E-state index contributed by atoms with van der Waals surface area (Å²) in [4.78, 5) is 16.1. The number of rotatable bonds is 3. The molecule has 19 heavy (non-hydrogen) atoms. The molecular weight excluding hydrogens is 307 g/mol. The fourth-order valence-electron chi connectivity index (χ4n) is 1.63. The lowest BCUT2D eigenvalue weighted by Gasteiger charge is -2.06. The van der Waals surface area contributed by atoms with E-state index in [0.717, 1.165) is 0 Å². The van der Waals surface area contributed by atoms with Crippen molar-refractivity contribution < 1.29 is 9.53 Å². The zero-order chi connectivity index (χ0) is 13.4. The van der Waals surface area contributed by atoms with Crippen LogP contribution in [-0.2, 0) is 0 Å². The molecule has 2 heterocycles. The zero-order valence-corrected chi connectivity index (χ0v) is 11.7. The third kappa shape index (κ3) is 2.10. The summed E-state index contributed by atoms with van der Waals surface area (Å²) in [5.74, 6) is 0.578. The van der Waals surface area contributed by atoms with Crippen molar-refractivity contribution in [3.8, 4) is 11.6 Å². The quantitative estimate of drug-likeness (QED) is 0.677. The molecule has 0 aliphatic carbocycles. The number of hydrogen-bond donors (Lipinski definition) is 0. The third-order valence-electron chi connectivity index (χ3n) is 2.50. The molecule has 0 radical (unpaired) electrons. The Balaban J connectivity index is 2.07. The summed E-state index contributed by atoms with van der Waals surface area (Å²) in [6, 6.07) is 5.03. The van der Waals surface area contributed by atoms with Crippen molar-refractivity contribution >= 4 is 45.8 Å². The Morgan fingerprint density at radius 1 is 1.37 bits per heavy atom. The van der Waals surface area contributed by atoms with Crippen molar-refractivity contribution in [2.45, 2.75) is 0 Å². The number of ether oxygens (including phenoxy) is 1. The van der Waals surface area contributed by atoms with Gasteiger partial charge in [-0.2, -0.15) is 4.98 Å². The van der Waals surface area contributed by atoms with Crippen LogP contribution in [0, 0.1) is 0 Å². The molecule has 3 aromatic rings. The number of hydrogen-bond acceptors (Lipinski definition) is 4. The Hall–Kier alpha value is -1.56. The maximum Gasteiger partial charge on any atom is 0.250 e. The van der Waals surface area contributed by atoms with Gasteiger partial charge in [0.15, 0.2) is 16.9 Å². The van der Waals surface area contributed by atoms with Gasteiger partial charge >= 0.3 is 0 Å². The van der Waals surface area contributed by atoms with Gasteiger partial charge in [0.25, 0.3) is 0 Å². The summed E-state index contributed by atoms with van der Waals surface area (Å²) in [5.41, 5.74) is 0.340. The van der Waals surface area contributed by atoms with E-state index in [1.165, 1.54) is 11.3 Å². The largest absolute Gasteiger partial charge is 0.435 e. The van der Waals surface area contributed by atoms with E-state index in [1.807, 2.05) is 5.38 Å². The molecule has 0 fully saturated rings. The Kier molecular flexibility index (Phi) is 3.18. The second kappa shape index (κ2) is 4.85. The third-order valence-corrected chi connectivity index (χ3v) is 4.06. The molecule has 3 rings (SSSR count). The first kappa shape index (κ1) is 12.5. The van der Waals surface area contributed by atoms with Crippen molar-refractivity contribution in [3.63, 3.8) is 0 Å². The second-order valence-corrected chi connectivity index (χ2v) is 5.29. The minimum Gasteiger partial charge on any atom is -0.435 e. The average Bonchev–Trinajstić information content (AvgIpc) is 2.95. The summed E-state index contributed by atoms with van der Waals surface area (Å²) in [6.45, 7) is 0. The minimum absolute atomic E-state index is 0.214. The van der Waals surface area contributed by atoms with Crippen molar-refractivity contribution in [1.82, 2.24) is 9.38 Å². The summed E-state index contributed by atoms with van der Waals surface area (Å²) >= 11 is 13.3. The lowest BCUT2D eigenvalue weighted by molar-refractivity contribution is 0.111. The number of thiazole rings is 1. The predicted molar refractivity (Wildman–Crippen MR) is 75.0 cm³/mol. The van der Waals surface area contributed by atoms with E-state index in [0.29, 0.717) is 27.7 Å². The average molecular weight is 313 g/mol. The highest BCUT2D eigenvalue weighted by atomic mass is 35.5. The van der Waals surface area contributed by atoms with E-state index in [4.69, 9.17) is 27.9 Å². The van der Waals surface area contributed by atoms with Crippen LogP contribution in [-0.4, -0.2) is 15.7 Å². The zero-order valence-electron chi connectivity index (χ0n) is 9.34. The minimum atomic E-state index is 0.214. The normalized spacial score (nSPS) is 10.8. The first-order valence-electron chi connectivity index (χ1n) is 5.23. The van der Waals surface area contributed by atoms with Crippen LogP contribution in [0.2, 0.25) is 10.0 Å². The smallest absolute Gasteiger partial charge is 0.250 e. The SMILES string of the molecule is O=Cc1c(Oc2cccc(Cl)c2Cl)nc2sccn12. The second-order valence-electron chi connectivity index (χ2n) is 3.63. The molecule has 4 nitrogen and oxygen atoms in total. The molecule has 0 saturated heterocycles. The molecule has 0 aliphatic rings. The molecule has 0 atom stereocenters. The summed E-state index contributed by atoms with van der Waals surface area (Å²) in [7, 11) is 0. The van der Waals surface area contributed by atoms with Gasteiger partial charge in [0.05, 0.1) is 5.02 Å². The van der Waals surface area contributed by atoms with Gasteiger partial charge in [0, 0.05) is 11.6 Å². The standard InChI is InChI=1S/C12H6Cl2N2O2S/c13-7-2-1-3-9(10(7)14)18-11-8(6-17)16-4-5-19-12(16)15-11/h1-6H. The highest BCUT2D eigenvalue weighted by molar-refractivity contribution is 7.15. The van der Waals surface area contributed by atoms with E-state index in [-0.39, 0.29) is 10.9 Å². The van der Waals surface area contributed by atoms with Crippen LogP contribution in [0.3, 0.4) is 0 Å². The monoisotopic (exact) mass is 312 g/mol. The predicted octanol–water partition coefficient (Wildman–Crippen LogP) is 4.31. The molecule has 0 bridgehead atoms. The number of halogens is 2. The summed E-state index contributed by atoms with van der Waals surface area (Å²) in [5, 5.41) is 2.51. The first-order chi connectivity index (χ1) is 9.20. The van der Waals surface area contributed by atoms with Crippen LogP contribution in [0.5, 0.6) is 11.6 Å². The van der Waals surface area contributed by atoms with Crippen molar-refractivity contribution in [1.29, 1.82) is 0 Å². The van der Waals surface area contributed by atoms with Crippen LogP contribution in [0.25, 0.3) is 4.96 Å². The molecule has 7 heteroatoms.